The third kappa shape index (κ3) is 3.65. The van der Waals surface area contributed by atoms with Gasteiger partial charge in [-0.05, 0) is 62.3 Å². The Labute approximate surface area is 182 Å². The topological polar surface area (TPSA) is 0 Å². The first kappa shape index (κ1) is 20.7. The largest absolute Gasteiger partial charge is 0.0641 e. The van der Waals surface area contributed by atoms with Crippen molar-refractivity contribution in [2.45, 2.75) is 65.2 Å². The molecular formula is C30H34. The number of rotatable bonds is 5. The van der Waals surface area contributed by atoms with Crippen molar-refractivity contribution in [2.24, 2.45) is 0 Å². The van der Waals surface area contributed by atoms with Crippen molar-refractivity contribution in [3.8, 4) is 0 Å². The fourth-order valence-corrected chi connectivity index (χ4v) is 4.78. The minimum absolute atomic E-state index is 0.321. The van der Waals surface area contributed by atoms with Gasteiger partial charge in [-0.3, -0.25) is 0 Å². The van der Waals surface area contributed by atoms with Gasteiger partial charge in [0.25, 0.3) is 0 Å². The second-order valence-electron chi connectivity index (χ2n) is 9.59. The molecule has 0 spiro atoms. The fourth-order valence-electron chi connectivity index (χ4n) is 4.78. The SMILES string of the molecule is CC(C)c1cc(C(C)C)c(C2=CC(c3ccccc3)c3ccccc32)c(C(C)C)c1. The molecule has 0 radical (unpaired) electrons. The number of benzene rings is 3. The Hall–Kier alpha value is -2.60. The summed E-state index contributed by atoms with van der Waals surface area (Å²) in [5.74, 6) is 1.83. The Morgan fingerprint density at radius 2 is 1.20 bits per heavy atom. The Morgan fingerprint density at radius 1 is 0.633 bits per heavy atom. The first-order valence-electron chi connectivity index (χ1n) is 11.4. The molecule has 0 N–H and O–H groups in total. The third-order valence-electron chi connectivity index (χ3n) is 6.48. The summed E-state index contributed by atoms with van der Waals surface area (Å²) in [6.07, 6.45) is 2.52. The van der Waals surface area contributed by atoms with Gasteiger partial charge in [0.15, 0.2) is 0 Å². The molecule has 30 heavy (non-hydrogen) atoms. The molecule has 0 aromatic heterocycles. The van der Waals surface area contributed by atoms with Gasteiger partial charge in [0.2, 0.25) is 0 Å². The number of allylic oxidation sites excluding steroid dienone is 1. The van der Waals surface area contributed by atoms with E-state index in [4.69, 9.17) is 0 Å². The molecule has 4 rings (SSSR count). The summed E-state index contributed by atoms with van der Waals surface area (Å²) in [6.45, 7) is 14.0. The fraction of sp³-hybridized carbons (Fsp3) is 0.333. The molecule has 3 aromatic carbocycles. The highest BCUT2D eigenvalue weighted by atomic mass is 14.3. The van der Waals surface area contributed by atoms with E-state index in [-0.39, 0.29) is 0 Å². The van der Waals surface area contributed by atoms with Crippen molar-refractivity contribution in [3.05, 3.63) is 112 Å². The van der Waals surface area contributed by atoms with Gasteiger partial charge >= 0.3 is 0 Å². The van der Waals surface area contributed by atoms with E-state index in [2.05, 4.69) is 114 Å². The minimum atomic E-state index is 0.321. The molecule has 0 amide bonds. The molecule has 0 fully saturated rings. The maximum absolute atomic E-state index is 2.52. The lowest BCUT2D eigenvalue weighted by atomic mass is 9.80. The summed E-state index contributed by atoms with van der Waals surface area (Å²) in [4.78, 5) is 0. The van der Waals surface area contributed by atoms with Crippen molar-refractivity contribution in [1.82, 2.24) is 0 Å². The standard InChI is InChI=1S/C30H34/c1-19(2)23-16-26(20(3)4)30(27(17-23)21(5)6)29-18-28(22-12-8-7-9-13-22)24-14-10-11-15-25(24)29/h7-21,28H,1-6H3. The smallest absolute Gasteiger partial charge is 0.0284 e. The molecule has 0 aliphatic heterocycles. The highest BCUT2D eigenvalue weighted by molar-refractivity contribution is 5.89. The van der Waals surface area contributed by atoms with Crippen LogP contribution in [0, 0.1) is 0 Å². The molecule has 1 aliphatic carbocycles. The number of fused-ring (bicyclic) bond motifs is 1. The zero-order chi connectivity index (χ0) is 21.4. The first-order chi connectivity index (χ1) is 14.4. The summed E-state index contributed by atoms with van der Waals surface area (Å²) in [6, 6.07) is 24.9. The van der Waals surface area contributed by atoms with E-state index < -0.39 is 0 Å². The molecule has 0 saturated carbocycles. The van der Waals surface area contributed by atoms with Gasteiger partial charge in [0.05, 0.1) is 0 Å². The summed E-state index contributed by atoms with van der Waals surface area (Å²) in [5.41, 5.74) is 11.5. The van der Waals surface area contributed by atoms with E-state index >= 15 is 0 Å². The molecule has 154 valence electrons. The Morgan fingerprint density at radius 3 is 1.77 bits per heavy atom. The van der Waals surface area contributed by atoms with Crippen molar-refractivity contribution in [3.63, 3.8) is 0 Å². The van der Waals surface area contributed by atoms with Crippen LogP contribution in [0.25, 0.3) is 5.57 Å². The molecule has 0 bridgehead atoms. The van der Waals surface area contributed by atoms with Crippen LogP contribution in [-0.4, -0.2) is 0 Å². The van der Waals surface area contributed by atoms with E-state index in [1.54, 1.807) is 0 Å². The zero-order valence-electron chi connectivity index (χ0n) is 19.2. The molecule has 1 aliphatic rings. The second-order valence-corrected chi connectivity index (χ2v) is 9.59. The van der Waals surface area contributed by atoms with Crippen LogP contribution in [0.4, 0.5) is 0 Å². The van der Waals surface area contributed by atoms with Crippen molar-refractivity contribution in [2.75, 3.05) is 0 Å². The zero-order valence-corrected chi connectivity index (χ0v) is 19.2. The lowest BCUT2D eigenvalue weighted by Gasteiger charge is -2.24. The molecule has 1 unspecified atom stereocenters. The summed E-state index contributed by atoms with van der Waals surface area (Å²) >= 11 is 0. The van der Waals surface area contributed by atoms with Crippen LogP contribution in [-0.2, 0) is 0 Å². The molecule has 1 atom stereocenters. The molecule has 0 heteroatoms. The second kappa shape index (κ2) is 8.26. The molecular weight excluding hydrogens is 360 g/mol. The normalized spacial score (nSPS) is 15.8. The van der Waals surface area contributed by atoms with Crippen LogP contribution in [0.15, 0.2) is 72.8 Å². The Balaban J connectivity index is 2.00. The van der Waals surface area contributed by atoms with Gasteiger partial charge in [0, 0.05) is 5.92 Å². The third-order valence-corrected chi connectivity index (χ3v) is 6.48. The van der Waals surface area contributed by atoms with E-state index in [1.807, 2.05) is 0 Å². The molecule has 3 aromatic rings. The summed E-state index contributed by atoms with van der Waals surface area (Å²) in [5, 5.41) is 0. The number of hydrogen-bond donors (Lipinski definition) is 0. The van der Waals surface area contributed by atoms with Crippen LogP contribution in [0.3, 0.4) is 0 Å². The van der Waals surface area contributed by atoms with Crippen molar-refractivity contribution >= 4 is 5.57 Å². The van der Waals surface area contributed by atoms with Gasteiger partial charge in [-0.2, -0.15) is 0 Å². The van der Waals surface area contributed by atoms with Gasteiger partial charge in [-0.25, -0.2) is 0 Å². The van der Waals surface area contributed by atoms with Crippen LogP contribution in [0.1, 0.15) is 104 Å². The Kier molecular flexibility index (Phi) is 5.69. The lowest BCUT2D eigenvalue weighted by molar-refractivity contribution is 0.799. The monoisotopic (exact) mass is 394 g/mol. The van der Waals surface area contributed by atoms with Crippen molar-refractivity contribution < 1.29 is 0 Å². The van der Waals surface area contributed by atoms with Gasteiger partial charge in [-0.15, -0.1) is 0 Å². The summed E-state index contributed by atoms with van der Waals surface area (Å²) in [7, 11) is 0. The molecule has 0 heterocycles. The highest BCUT2D eigenvalue weighted by Crippen LogP contribution is 2.47. The first-order valence-corrected chi connectivity index (χ1v) is 11.4. The van der Waals surface area contributed by atoms with E-state index in [0.29, 0.717) is 23.7 Å². The van der Waals surface area contributed by atoms with E-state index in [1.165, 1.54) is 44.5 Å². The van der Waals surface area contributed by atoms with Gasteiger partial charge in [-0.1, -0.05) is 114 Å². The lowest BCUT2D eigenvalue weighted by Crippen LogP contribution is -2.06. The average molecular weight is 395 g/mol. The van der Waals surface area contributed by atoms with E-state index in [0.717, 1.165) is 0 Å². The van der Waals surface area contributed by atoms with Gasteiger partial charge in [0.1, 0.15) is 0 Å². The van der Waals surface area contributed by atoms with Gasteiger partial charge < -0.3 is 0 Å². The predicted molar refractivity (Wildman–Crippen MR) is 131 cm³/mol. The van der Waals surface area contributed by atoms with E-state index in [9.17, 15) is 0 Å². The quantitative estimate of drug-likeness (QED) is 0.406. The maximum Gasteiger partial charge on any atom is 0.0284 e. The maximum atomic E-state index is 2.52. The minimum Gasteiger partial charge on any atom is -0.0641 e. The van der Waals surface area contributed by atoms with Crippen LogP contribution < -0.4 is 0 Å². The number of hydrogen-bond acceptors (Lipinski definition) is 0. The van der Waals surface area contributed by atoms with Crippen molar-refractivity contribution in [1.29, 1.82) is 0 Å². The van der Waals surface area contributed by atoms with Crippen LogP contribution in [0.2, 0.25) is 0 Å². The average Bonchev–Trinajstić information content (AvgIpc) is 3.12. The molecule has 0 saturated heterocycles. The Bertz CT molecular complexity index is 1040. The summed E-state index contributed by atoms with van der Waals surface area (Å²) < 4.78 is 0. The van der Waals surface area contributed by atoms with Crippen LogP contribution in [0.5, 0.6) is 0 Å². The van der Waals surface area contributed by atoms with Crippen LogP contribution >= 0.6 is 0 Å². The molecule has 0 nitrogen and oxygen atoms in total. The highest BCUT2D eigenvalue weighted by Gasteiger charge is 2.29. The predicted octanol–water partition coefficient (Wildman–Crippen LogP) is 8.63.